The van der Waals surface area contributed by atoms with E-state index >= 15 is 0 Å². The first kappa shape index (κ1) is 22.6. The van der Waals surface area contributed by atoms with Crippen molar-refractivity contribution >= 4 is 21.7 Å². The fraction of sp³-hybridized carbons (Fsp3) is 0.0833. The number of anilines is 1. The normalized spacial score (nSPS) is 10.6. The second-order valence-corrected chi connectivity index (χ2v) is 8.41. The van der Waals surface area contributed by atoms with Crippen LogP contribution in [0, 0.1) is 11.3 Å². The van der Waals surface area contributed by atoms with Crippen LogP contribution in [-0.2, 0) is 10.0 Å². The molecule has 0 aliphatic rings. The topological polar surface area (TPSA) is 96.7 Å². The fourth-order valence-corrected chi connectivity index (χ4v) is 4.45. The van der Waals surface area contributed by atoms with E-state index in [1.165, 1.54) is 61.7 Å². The van der Waals surface area contributed by atoms with Crippen LogP contribution in [0.15, 0.2) is 90.3 Å². The van der Waals surface area contributed by atoms with E-state index in [2.05, 4.69) is 6.58 Å². The summed E-state index contributed by atoms with van der Waals surface area (Å²) in [7, 11) is -2.59. The number of carbonyl (C=O) groups is 1. The summed E-state index contributed by atoms with van der Waals surface area (Å²) in [5.41, 5.74) is 0.839. The molecule has 3 rings (SSSR count). The standard InChI is InChI=1S/C24H20N2O5S/c1-3-15-26(22-9-4-5-10-23(22)30-2)32(28,29)21-8-6-7-19(16-21)24(27)31-20-13-11-18(17-25)12-14-20/h3-14,16H,1,15H2,2H3. The van der Waals surface area contributed by atoms with Gasteiger partial charge in [0.25, 0.3) is 10.0 Å². The first-order valence-electron chi connectivity index (χ1n) is 9.49. The number of para-hydroxylation sites is 2. The number of ether oxygens (including phenoxy) is 2. The van der Waals surface area contributed by atoms with Crippen molar-refractivity contribution in [2.24, 2.45) is 0 Å². The molecule has 32 heavy (non-hydrogen) atoms. The van der Waals surface area contributed by atoms with Gasteiger partial charge < -0.3 is 9.47 Å². The van der Waals surface area contributed by atoms with E-state index in [1.807, 2.05) is 6.07 Å². The molecule has 0 heterocycles. The van der Waals surface area contributed by atoms with Crippen molar-refractivity contribution in [3.05, 3.63) is 96.6 Å². The smallest absolute Gasteiger partial charge is 0.343 e. The van der Waals surface area contributed by atoms with Crippen molar-refractivity contribution in [3.8, 4) is 17.6 Å². The summed E-state index contributed by atoms with van der Waals surface area (Å²) in [6.07, 6.45) is 1.47. The van der Waals surface area contributed by atoms with Gasteiger partial charge in [-0.15, -0.1) is 6.58 Å². The molecular formula is C24H20N2O5S. The number of carbonyl (C=O) groups excluding carboxylic acids is 1. The molecule has 0 aliphatic heterocycles. The molecule has 0 spiro atoms. The summed E-state index contributed by atoms with van der Waals surface area (Å²) >= 11 is 0. The second-order valence-electron chi connectivity index (χ2n) is 6.55. The Morgan fingerprint density at radius 2 is 1.81 bits per heavy atom. The molecule has 0 amide bonds. The molecule has 0 aliphatic carbocycles. The maximum Gasteiger partial charge on any atom is 0.343 e. The SMILES string of the molecule is C=CCN(c1ccccc1OC)S(=O)(=O)c1cccc(C(=O)Oc2ccc(C#N)cc2)c1. The van der Waals surface area contributed by atoms with E-state index in [0.717, 1.165) is 4.31 Å². The van der Waals surface area contributed by atoms with Crippen LogP contribution in [0.3, 0.4) is 0 Å². The number of hydrogen-bond donors (Lipinski definition) is 0. The summed E-state index contributed by atoms with van der Waals surface area (Å²) in [5, 5.41) is 8.86. The Morgan fingerprint density at radius 3 is 2.47 bits per heavy atom. The predicted octanol–water partition coefficient (Wildman–Crippen LogP) is 4.17. The van der Waals surface area contributed by atoms with Gasteiger partial charge in [-0.2, -0.15) is 5.26 Å². The number of esters is 1. The molecule has 0 aromatic heterocycles. The van der Waals surface area contributed by atoms with Gasteiger partial charge in [-0.3, -0.25) is 4.31 Å². The molecular weight excluding hydrogens is 428 g/mol. The highest BCUT2D eigenvalue weighted by molar-refractivity contribution is 7.92. The minimum Gasteiger partial charge on any atom is -0.495 e. The predicted molar refractivity (Wildman–Crippen MR) is 120 cm³/mol. The molecule has 0 radical (unpaired) electrons. The van der Waals surface area contributed by atoms with Gasteiger partial charge in [-0.05, 0) is 54.6 Å². The van der Waals surface area contributed by atoms with E-state index in [-0.39, 0.29) is 22.8 Å². The maximum atomic E-state index is 13.4. The van der Waals surface area contributed by atoms with Crippen LogP contribution in [-0.4, -0.2) is 28.0 Å². The number of rotatable bonds is 8. The molecule has 8 heteroatoms. The average Bonchev–Trinajstić information content (AvgIpc) is 2.83. The lowest BCUT2D eigenvalue weighted by atomic mass is 10.2. The zero-order chi connectivity index (χ0) is 23.1. The van der Waals surface area contributed by atoms with Crippen molar-refractivity contribution < 1.29 is 22.7 Å². The van der Waals surface area contributed by atoms with Gasteiger partial charge in [-0.1, -0.05) is 24.3 Å². The molecule has 0 atom stereocenters. The van der Waals surface area contributed by atoms with Crippen molar-refractivity contribution in [1.29, 1.82) is 5.26 Å². The Kier molecular flexibility index (Phi) is 6.93. The minimum atomic E-state index is -4.05. The Labute approximate surface area is 186 Å². The zero-order valence-electron chi connectivity index (χ0n) is 17.3. The van der Waals surface area contributed by atoms with Crippen LogP contribution >= 0.6 is 0 Å². The lowest BCUT2D eigenvalue weighted by Gasteiger charge is -2.25. The monoisotopic (exact) mass is 448 g/mol. The van der Waals surface area contributed by atoms with E-state index in [9.17, 15) is 13.2 Å². The lowest BCUT2D eigenvalue weighted by molar-refractivity contribution is 0.0734. The van der Waals surface area contributed by atoms with Crippen molar-refractivity contribution in [2.45, 2.75) is 4.90 Å². The fourth-order valence-electron chi connectivity index (χ4n) is 2.95. The molecule has 3 aromatic carbocycles. The van der Waals surface area contributed by atoms with E-state index in [1.54, 1.807) is 24.3 Å². The number of sulfonamides is 1. The second kappa shape index (κ2) is 9.81. The number of hydrogen-bond acceptors (Lipinski definition) is 6. The van der Waals surface area contributed by atoms with Crippen molar-refractivity contribution in [1.82, 2.24) is 0 Å². The molecule has 0 bridgehead atoms. The molecule has 7 nitrogen and oxygen atoms in total. The number of methoxy groups -OCH3 is 1. The Hall–Kier alpha value is -4.09. The molecule has 3 aromatic rings. The van der Waals surface area contributed by atoms with Gasteiger partial charge in [0, 0.05) is 0 Å². The van der Waals surface area contributed by atoms with Gasteiger partial charge in [0.15, 0.2) is 0 Å². The summed E-state index contributed by atoms with van der Waals surface area (Å²) < 4.78 is 38.6. The third kappa shape index (κ3) is 4.79. The van der Waals surface area contributed by atoms with Gasteiger partial charge in [0.1, 0.15) is 11.5 Å². The average molecular weight is 449 g/mol. The van der Waals surface area contributed by atoms with Crippen LogP contribution in [0.5, 0.6) is 11.5 Å². The zero-order valence-corrected chi connectivity index (χ0v) is 18.1. The maximum absolute atomic E-state index is 13.4. The summed E-state index contributed by atoms with van der Waals surface area (Å²) in [4.78, 5) is 12.5. The molecule has 0 unspecified atom stereocenters. The summed E-state index contributed by atoms with van der Waals surface area (Å²) in [6, 6.07) is 20.3. The molecule has 0 saturated carbocycles. The molecule has 0 N–H and O–H groups in total. The highest BCUT2D eigenvalue weighted by Gasteiger charge is 2.27. The van der Waals surface area contributed by atoms with Crippen LogP contribution in [0.4, 0.5) is 5.69 Å². The number of nitrogens with zero attached hydrogens (tertiary/aromatic N) is 2. The number of nitriles is 1. The van der Waals surface area contributed by atoms with E-state index in [4.69, 9.17) is 14.7 Å². The van der Waals surface area contributed by atoms with Gasteiger partial charge in [0.2, 0.25) is 0 Å². The first-order chi connectivity index (χ1) is 15.4. The highest BCUT2D eigenvalue weighted by atomic mass is 32.2. The molecule has 162 valence electrons. The molecule has 0 fully saturated rings. The van der Waals surface area contributed by atoms with E-state index in [0.29, 0.717) is 17.0 Å². The van der Waals surface area contributed by atoms with Gasteiger partial charge >= 0.3 is 5.97 Å². The van der Waals surface area contributed by atoms with E-state index < -0.39 is 16.0 Å². The van der Waals surface area contributed by atoms with Crippen LogP contribution < -0.4 is 13.8 Å². The summed E-state index contributed by atoms with van der Waals surface area (Å²) in [5.74, 6) is -0.0989. The largest absolute Gasteiger partial charge is 0.495 e. The third-order valence-electron chi connectivity index (χ3n) is 4.50. The first-order valence-corrected chi connectivity index (χ1v) is 10.9. The Morgan fingerprint density at radius 1 is 1.09 bits per heavy atom. The van der Waals surface area contributed by atoms with Gasteiger partial charge in [-0.25, -0.2) is 13.2 Å². The minimum absolute atomic E-state index is 0.00260. The van der Waals surface area contributed by atoms with Crippen LogP contribution in [0.1, 0.15) is 15.9 Å². The summed E-state index contributed by atoms with van der Waals surface area (Å²) in [6.45, 7) is 3.66. The third-order valence-corrected chi connectivity index (χ3v) is 6.28. The quantitative estimate of drug-likeness (QED) is 0.292. The Bertz CT molecular complexity index is 1280. The van der Waals surface area contributed by atoms with Gasteiger partial charge in [0.05, 0.1) is 41.4 Å². The highest BCUT2D eigenvalue weighted by Crippen LogP contribution is 2.32. The number of benzene rings is 3. The Balaban J connectivity index is 1.94. The van der Waals surface area contributed by atoms with Crippen LogP contribution in [0.2, 0.25) is 0 Å². The lowest BCUT2D eigenvalue weighted by Crippen LogP contribution is -2.31. The molecule has 0 saturated heterocycles. The van der Waals surface area contributed by atoms with Crippen LogP contribution in [0.25, 0.3) is 0 Å². The van der Waals surface area contributed by atoms with Crippen molar-refractivity contribution in [2.75, 3.05) is 18.0 Å². The van der Waals surface area contributed by atoms with Crippen molar-refractivity contribution in [3.63, 3.8) is 0 Å².